The van der Waals surface area contributed by atoms with Gasteiger partial charge in [-0.3, -0.25) is 28.1 Å². The van der Waals surface area contributed by atoms with Crippen molar-refractivity contribution < 1.29 is 32.3 Å². The molecule has 4 rings (SSSR count). The smallest absolute Gasteiger partial charge is 0.459 e. The predicted molar refractivity (Wildman–Crippen MR) is 135 cm³/mol. The number of nitrogens with two attached hydrogens (primary N) is 1. The lowest BCUT2D eigenvalue weighted by molar-refractivity contribution is -0.149. The van der Waals surface area contributed by atoms with E-state index in [4.69, 9.17) is 24.3 Å². The minimum absolute atomic E-state index is 0.0616. The van der Waals surface area contributed by atoms with Gasteiger partial charge in [0, 0.05) is 12.3 Å². The number of alkyl halides is 1. The number of para-hydroxylation sites is 1. The summed E-state index contributed by atoms with van der Waals surface area (Å²) in [6.07, 6.45) is -0.378. The summed E-state index contributed by atoms with van der Waals surface area (Å²) in [5.41, 5.74) is 5.40. The van der Waals surface area contributed by atoms with Crippen LogP contribution in [0.2, 0.25) is 0 Å². The molecule has 13 nitrogen and oxygen atoms in total. The first kappa shape index (κ1) is 27.7. The van der Waals surface area contributed by atoms with Crippen molar-refractivity contribution in [3.05, 3.63) is 47.0 Å². The molecule has 1 aliphatic heterocycles. The molecular weight excluding hydrogens is 522 g/mol. The van der Waals surface area contributed by atoms with E-state index in [0.29, 0.717) is 0 Å². The fraction of sp³-hybridized carbons (Fsp3) is 0.478. The number of hydrogen-bond acceptors (Lipinski definition) is 10. The highest BCUT2D eigenvalue weighted by atomic mass is 31.2. The molecule has 0 saturated carbocycles. The fourth-order valence-corrected chi connectivity index (χ4v) is 5.46. The zero-order valence-corrected chi connectivity index (χ0v) is 22.0. The minimum Gasteiger partial charge on any atom is -0.462 e. The van der Waals surface area contributed by atoms with Crippen LogP contribution in [-0.4, -0.2) is 57.0 Å². The Bertz CT molecular complexity index is 1370. The largest absolute Gasteiger partial charge is 0.462 e. The van der Waals surface area contributed by atoms with Gasteiger partial charge >= 0.3 is 13.7 Å². The molecule has 4 N–H and O–H groups in total. The molecule has 15 heteroatoms. The van der Waals surface area contributed by atoms with E-state index in [1.165, 1.54) is 17.8 Å². The molecule has 3 heterocycles. The zero-order chi connectivity index (χ0) is 27.4. The number of carbonyl (C=O) groups excluding carboxylic acids is 1. The molecule has 1 aliphatic rings. The molecule has 1 aromatic carbocycles. The zero-order valence-electron chi connectivity index (χ0n) is 21.1. The third kappa shape index (κ3) is 6.38. The van der Waals surface area contributed by atoms with Crippen LogP contribution in [0.1, 0.15) is 33.4 Å². The van der Waals surface area contributed by atoms with Gasteiger partial charge in [0.15, 0.2) is 11.2 Å². The van der Waals surface area contributed by atoms with E-state index in [9.17, 15) is 18.5 Å². The van der Waals surface area contributed by atoms with Gasteiger partial charge in [-0.25, -0.2) is 9.55 Å². The Hall–Kier alpha value is -3.32. The third-order valence-corrected chi connectivity index (χ3v) is 7.40. The standard InChI is InChI=1S/C23H30FN6O7P/c1-13(2)35-22(32)14(3)29-38(33,37-16-7-5-4-6-8-16)34-11-17-15(10-24)9-18(36-17)30-12-26-19-20(30)27-23(25)28-21(19)31/h4-8,12-15,17-18H,9-11H2,1-3H3,(H,29,33)(H3,25,27,28,31)/t14-,15-,17-,18-,38?/m1/s1. The molecule has 206 valence electrons. The van der Waals surface area contributed by atoms with Crippen molar-refractivity contribution in [3.8, 4) is 5.75 Å². The Balaban J connectivity index is 1.51. The number of H-pyrrole nitrogens is 1. The number of halogens is 1. The van der Waals surface area contributed by atoms with Crippen molar-refractivity contribution in [2.45, 2.75) is 51.7 Å². The number of nitrogens with one attached hydrogen (secondary N) is 2. The molecular formula is C23H30FN6O7P. The van der Waals surface area contributed by atoms with Crippen LogP contribution in [0.4, 0.5) is 10.3 Å². The molecule has 0 aliphatic carbocycles. The SMILES string of the molecule is CC(C)OC(=O)[C@@H](C)NP(=O)(OC[C@H]1O[C@@H](n2cnc3c(=O)[nH]c(N)nc32)C[C@@H]1CF)Oc1ccccc1. The summed E-state index contributed by atoms with van der Waals surface area (Å²) in [5, 5.41) is 2.59. The van der Waals surface area contributed by atoms with Crippen molar-refractivity contribution in [2.24, 2.45) is 5.92 Å². The van der Waals surface area contributed by atoms with Gasteiger partial charge in [0.1, 0.15) is 18.0 Å². The van der Waals surface area contributed by atoms with Crippen molar-refractivity contribution >= 4 is 30.8 Å². The Morgan fingerprint density at radius 2 is 2.08 bits per heavy atom. The number of carbonyl (C=O) groups is 1. The highest BCUT2D eigenvalue weighted by molar-refractivity contribution is 7.52. The van der Waals surface area contributed by atoms with Crippen LogP contribution in [-0.2, 0) is 23.4 Å². The number of rotatable bonds is 11. The Labute approximate surface area is 217 Å². The quantitative estimate of drug-likeness (QED) is 0.236. The summed E-state index contributed by atoms with van der Waals surface area (Å²) in [6, 6.07) is 7.23. The lowest BCUT2D eigenvalue weighted by atomic mass is 10.0. The van der Waals surface area contributed by atoms with Crippen molar-refractivity contribution in [2.75, 3.05) is 19.0 Å². The summed E-state index contributed by atoms with van der Waals surface area (Å²) >= 11 is 0. The molecule has 3 aromatic rings. The van der Waals surface area contributed by atoms with Gasteiger partial charge < -0.3 is 19.7 Å². The summed E-state index contributed by atoms with van der Waals surface area (Å²) < 4.78 is 51.7. The second kappa shape index (κ2) is 11.6. The maximum atomic E-state index is 14.0. The van der Waals surface area contributed by atoms with E-state index in [1.54, 1.807) is 44.2 Å². The van der Waals surface area contributed by atoms with E-state index in [2.05, 4.69) is 20.0 Å². The monoisotopic (exact) mass is 552 g/mol. The van der Waals surface area contributed by atoms with Crippen LogP contribution in [0.5, 0.6) is 5.75 Å². The molecule has 38 heavy (non-hydrogen) atoms. The number of nitrogens with zero attached hydrogens (tertiary/aromatic N) is 3. The number of aromatic nitrogens is 4. The number of imidazole rings is 1. The highest BCUT2D eigenvalue weighted by Crippen LogP contribution is 2.46. The highest BCUT2D eigenvalue weighted by Gasteiger charge is 2.40. The van der Waals surface area contributed by atoms with Gasteiger partial charge in [-0.2, -0.15) is 10.1 Å². The summed E-state index contributed by atoms with van der Waals surface area (Å²) in [4.78, 5) is 35.0. The number of anilines is 1. The van der Waals surface area contributed by atoms with E-state index >= 15 is 0 Å². The van der Waals surface area contributed by atoms with Crippen LogP contribution in [0, 0.1) is 5.92 Å². The first-order valence-corrected chi connectivity index (χ1v) is 13.5. The predicted octanol–water partition coefficient (Wildman–Crippen LogP) is 2.71. The molecule has 5 atom stereocenters. The number of benzene rings is 1. The Morgan fingerprint density at radius 1 is 1.34 bits per heavy atom. The first-order valence-electron chi connectivity index (χ1n) is 12.0. The maximum absolute atomic E-state index is 14.0. The topological polar surface area (TPSA) is 173 Å². The third-order valence-electron chi connectivity index (χ3n) is 5.76. The average Bonchev–Trinajstić information content (AvgIpc) is 3.47. The number of ether oxygens (including phenoxy) is 2. The number of fused-ring (bicyclic) bond motifs is 1. The number of aromatic amines is 1. The van der Waals surface area contributed by atoms with Crippen LogP contribution < -0.4 is 20.9 Å². The molecule has 2 aromatic heterocycles. The van der Waals surface area contributed by atoms with Gasteiger partial charge in [-0.15, -0.1) is 0 Å². The van der Waals surface area contributed by atoms with E-state index in [0.717, 1.165) is 0 Å². The van der Waals surface area contributed by atoms with E-state index in [-0.39, 0.29) is 42.0 Å². The van der Waals surface area contributed by atoms with Crippen molar-refractivity contribution in [1.82, 2.24) is 24.6 Å². The lowest BCUT2D eigenvalue weighted by Gasteiger charge is -2.25. The molecule has 1 saturated heterocycles. The molecule has 1 fully saturated rings. The summed E-state index contributed by atoms with van der Waals surface area (Å²) in [6.45, 7) is 3.77. The normalized spacial score (nSPS) is 21.9. The van der Waals surface area contributed by atoms with Crippen LogP contribution >= 0.6 is 7.75 Å². The summed E-state index contributed by atoms with van der Waals surface area (Å²) in [5.74, 6) is -1.14. The number of esters is 1. The first-order chi connectivity index (χ1) is 18.1. The van der Waals surface area contributed by atoms with Crippen molar-refractivity contribution in [3.63, 3.8) is 0 Å². The minimum atomic E-state index is -4.16. The Morgan fingerprint density at radius 3 is 2.76 bits per heavy atom. The molecule has 0 amide bonds. The van der Waals surface area contributed by atoms with Gasteiger partial charge in [-0.1, -0.05) is 18.2 Å². The fourth-order valence-electron chi connectivity index (χ4n) is 3.96. The molecule has 0 bridgehead atoms. The summed E-state index contributed by atoms with van der Waals surface area (Å²) in [7, 11) is -4.16. The van der Waals surface area contributed by atoms with Crippen molar-refractivity contribution in [1.29, 1.82) is 0 Å². The number of nitrogen functional groups attached to an aromatic ring is 1. The second-order valence-corrected chi connectivity index (χ2v) is 10.8. The number of hydrogen-bond donors (Lipinski definition) is 3. The average molecular weight is 553 g/mol. The maximum Gasteiger partial charge on any atom is 0.459 e. The van der Waals surface area contributed by atoms with Crippen LogP contribution in [0.15, 0.2) is 41.5 Å². The lowest BCUT2D eigenvalue weighted by Crippen LogP contribution is -2.37. The van der Waals surface area contributed by atoms with Crippen LogP contribution in [0.25, 0.3) is 11.2 Å². The van der Waals surface area contributed by atoms with Gasteiger partial charge in [-0.05, 0) is 32.9 Å². The van der Waals surface area contributed by atoms with Gasteiger partial charge in [0.2, 0.25) is 5.95 Å². The second-order valence-electron chi connectivity index (χ2n) is 9.09. The van der Waals surface area contributed by atoms with Gasteiger partial charge in [0.25, 0.3) is 5.56 Å². The molecule has 0 spiro atoms. The molecule has 0 radical (unpaired) electrons. The van der Waals surface area contributed by atoms with E-state index < -0.39 is 50.2 Å². The van der Waals surface area contributed by atoms with E-state index in [1.807, 2.05) is 0 Å². The van der Waals surface area contributed by atoms with Gasteiger partial charge in [0.05, 0.1) is 31.8 Å². The van der Waals surface area contributed by atoms with Crippen LogP contribution in [0.3, 0.4) is 0 Å². The Kier molecular flexibility index (Phi) is 8.46. The molecule has 1 unspecified atom stereocenters.